The summed E-state index contributed by atoms with van der Waals surface area (Å²) >= 11 is 0. The van der Waals surface area contributed by atoms with Crippen LogP contribution in [0.2, 0.25) is 0 Å². The Bertz CT molecular complexity index is 330. The van der Waals surface area contributed by atoms with Crippen LogP contribution in [0.15, 0.2) is 12.1 Å². The van der Waals surface area contributed by atoms with Crippen molar-refractivity contribution in [2.24, 2.45) is 5.73 Å². The van der Waals surface area contributed by atoms with Crippen molar-refractivity contribution in [3.05, 3.63) is 23.5 Å². The molecule has 5 heteroatoms. The van der Waals surface area contributed by atoms with Crippen molar-refractivity contribution in [2.45, 2.75) is 6.10 Å². The lowest BCUT2D eigenvalue weighted by Gasteiger charge is -2.13. The zero-order chi connectivity index (χ0) is 10.7. The van der Waals surface area contributed by atoms with E-state index < -0.39 is 11.9 Å². The molecule has 78 valence electrons. The summed E-state index contributed by atoms with van der Waals surface area (Å²) in [6.07, 6.45) is -1.23. The molecule has 0 aliphatic heterocycles. The predicted molar refractivity (Wildman–Crippen MR) is 48.6 cm³/mol. The van der Waals surface area contributed by atoms with Crippen LogP contribution in [0, 0.1) is 5.82 Å². The van der Waals surface area contributed by atoms with E-state index >= 15 is 0 Å². The van der Waals surface area contributed by atoms with E-state index in [2.05, 4.69) is 0 Å². The van der Waals surface area contributed by atoms with Crippen LogP contribution < -0.4 is 10.5 Å². The number of benzene rings is 1. The molecular formula is C9H12FNO3. The van der Waals surface area contributed by atoms with Gasteiger partial charge in [0.25, 0.3) is 0 Å². The summed E-state index contributed by atoms with van der Waals surface area (Å²) in [4.78, 5) is 0. The summed E-state index contributed by atoms with van der Waals surface area (Å²) in [6, 6.07) is 2.52. The van der Waals surface area contributed by atoms with Crippen molar-refractivity contribution < 1.29 is 19.3 Å². The van der Waals surface area contributed by atoms with Crippen LogP contribution in [-0.4, -0.2) is 23.9 Å². The molecule has 1 aromatic rings. The Morgan fingerprint density at radius 2 is 2.21 bits per heavy atom. The van der Waals surface area contributed by atoms with Gasteiger partial charge in [-0.2, -0.15) is 0 Å². The summed E-state index contributed by atoms with van der Waals surface area (Å²) in [5.41, 5.74) is 4.94. The summed E-state index contributed by atoms with van der Waals surface area (Å²) in [6.45, 7) is -0.169. The minimum Gasteiger partial charge on any atom is -0.507 e. The maximum Gasteiger partial charge on any atom is 0.174 e. The average Bonchev–Trinajstić information content (AvgIpc) is 2.18. The van der Waals surface area contributed by atoms with Crippen LogP contribution >= 0.6 is 0 Å². The second-order valence-corrected chi connectivity index (χ2v) is 2.77. The van der Waals surface area contributed by atoms with Crippen LogP contribution in [0.25, 0.3) is 0 Å². The highest BCUT2D eigenvalue weighted by atomic mass is 19.1. The van der Waals surface area contributed by atoms with Crippen molar-refractivity contribution in [3.63, 3.8) is 0 Å². The van der Waals surface area contributed by atoms with Crippen LogP contribution in [0.1, 0.15) is 11.7 Å². The molecule has 1 unspecified atom stereocenters. The largest absolute Gasteiger partial charge is 0.507 e. The quantitative estimate of drug-likeness (QED) is 0.666. The monoisotopic (exact) mass is 201 g/mol. The molecule has 0 aromatic heterocycles. The maximum atomic E-state index is 13.5. The van der Waals surface area contributed by atoms with Crippen molar-refractivity contribution >= 4 is 0 Å². The van der Waals surface area contributed by atoms with Crippen LogP contribution in [0.4, 0.5) is 4.39 Å². The van der Waals surface area contributed by atoms with Gasteiger partial charge in [0.05, 0.1) is 18.8 Å². The van der Waals surface area contributed by atoms with Gasteiger partial charge in [0.15, 0.2) is 11.6 Å². The Hall–Kier alpha value is -1.33. The van der Waals surface area contributed by atoms with Gasteiger partial charge in [-0.3, -0.25) is 0 Å². The van der Waals surface area contributed by atoms with E-state index in [0.717, 1.165) is 0 Å². The molecule has 0 saturated carbocycles. The zero-order valence-electron chi connectivity index (χ0n) is 7.70. The Kier molecular flexibility index (Phi) is 3.27. The van der Waals surface area contributed by atoms with E-state index in [0.29, 0.717) is 0 Å². The van der Waals surface area contributed by atoms with Crippen molar-refractivity contribution in [2.75, 3.05) is 13.7 Å². The van der Waals surface area contributed by atoms with E-state index in [1.807, 2.05) is 0 Å². The molecule has 4 nitrogen and oxygen atoms in total. The lowest BCUT2D eigenvalue weighted by atomic mass is 10.1. The number of aliphatic hydroxyl groups excluding tert-OH is 1. The van der Waals surface area contributed by atoms with Crippen LogP contribution in [0.5, 0.6) is 11.5 Å². The molecule has 1 aromatic carbocycles. The first-order chi connectivity index (χ1) is 6.61. The molecule has 0 heterocycles. The number of hydrogen-bond acceptors (Lipinski definition) is 4. The number of phenols is 1. The van der Waals surface area contributed by atoms with Crippen molar-refractivity contribution in [3.8, 4) is 11.5 Å². The number of rotatable bonds is 3. The van der Waals surface area contributed by atoms with Gasteiger partial charge in [0.1, 0.15) is 5.75 Å². The third kappa shape index (κ3) is 1.78. The fourth-order valence-corrected chi connectivity index (χ4v) is 1.16. The number of phenolic OH excluding ortho intramolecular Hbond substituents is 1. The minimum atomic E-state index is -1.23. The Morgan fingerprint density at radius 1 is 1.57 bits per heavy atom. The third-order valence-electron chi connectivity index (χ3n) is 1.90. The minimum absolute atomic E-state index is 0.0368. The van der Waals surface area contributed by atoms with E-state index in [1.165, 1.54) is 19.2 Å². The van der Waals surface area contributed by atoms with Crippen LogP contribution in [0.3, 0.4) is 0 Å². The first-order valence-corrected chi connectivity index (χ1v) is 4.05. The fourth-order valence-electron chi connectivity index (χ4n) is 1.16. The Labute approximate surface area is 80.7 Å². The van der Waals surface area contributed by atoms with Gasteiger partial charge in [-0.15, -0.1) is 0 Å². The van der Waals surface area contributed by atoms with E-state index in [-0.39, 0.29) is 23.6 Å². The highest BCUT2D eigenvalue weighted by Crippen LogP contribution is 2.32. The average molecular weight is 201 g/mol. The number of hydrogen-bond donors (Lipinski definition) is 3. The van der Waals surface area contributed by atoms with E-state index in [4.69, 9.17) is 10.5 Å². The normalized spacial score (nSPS) is 12.6. The van der Waals surface area contributed by atoms with Gasteiger partial charge < -0.3 is 20.7 Å². The standard InChI is InChI=1S/C9H12FNO3/c1-14-7-3-2-5(12)8(9(7)10)6(13)4-11/h2-3,6,12-13H,4,11H2,1H3. The van der Waals surface area contributed by atoms with Gasteiger partial charge >= 0.3 is 0 Å². The predicted octanol–water partition coefficient (Wildman–Crippen LogP) is 0.532. The fraction of sp³-hybridized carbons (Fsp3) is 0.333. The molecule has 0 saturated heterocycles. The van der Waals surface area contributed by atoms with E-state index in [1.54, 1.807) is 0 Å². The molecule has 0 spiro atoms. The number of methoxy groups -OCH3 is 1. The highest BCUT2D eigenvalue weighted by Gasteiger charge is 2.19. The first-order valence-electron chi connectivity index (χ1n) is 4.05. The summed E-state index contributed by atoms with van der Waals surface area (Å²) in [5.74, 6) is -1.16. The Balaban J connectivity index is 3.25. The number of aromatic hydroxyl groups is 1. The molecule has 0 amide bonds. The van der Waals surface area contributed by atoms with E-state index in [9.17, 15) is 14.6 Å². The zero-order valence-corrected chi connectivity index (χ0v) is 7.70. The number of halogens is 1. The molecule has 0 fully saturated rings. The molecule has 0 radical (unpaired) electrons. The molecule has 1 rings (SSSR count). The summed E-state index contributed by atoms with van der Waals surface area (Å²) in [5, 5.41) is 18.6. The van der Waals surface area contributed by atoms with Gasteiger partial charge in [-0.1, -0.05) is 0 Å². The second kappa shape index (κ2) is 4.26. The van der Waals surface area contributed by atoms with Crippen molar-refractivity contribution in [1.29, 1.82) is 0 Å². The van der Waals surface area contributed by atoms with Gasteiger partial charge in [-0.05, 0) is 12.1 Å². The highest BCUT2D eigenvalue weighted by molar-refractivity contribution is 5.42. The van der Waals surface area contributed by atoms with Crippen molar-refractivity contribution in [1.82, 2.24) is 0 Å². The first kappa shape index (κ1) is 10.7. The van der Waals surface area contributed by atoms with Gasteiger partial charge in [0, 0.05) is 6.54 Å². The number of ether oxygens (including phenoxy) is 1. The molecule has 0 aliphatic rings. The SMILES string of the molecule is COc1ccc(O)c(C(O)CN)c1F. The number of aliphatic hydroxyl groups is 1. The molecule has 4 N–H and O–H groups in total. The smallest absolute Gasteiger partial charge is 0.174 e. The molecule has 1 atom stereocenters. The van der Waals surface area contributed by atoms with Crippen LogP contribution in [-0.2, 0) is 0 Å². The maximum absolute atomic E-state index is 13.5. The Morgan fingerprint density at radius 3 is 2.71 bits per heavy atom. The molecule has 14 heavy (non-hydrogen) atoms. The summed E-state index contributed by atoms with van der Waals surface area (Å²) in [7, 11) is 1.30. The molecule has 0 aliphatic carbocycles. The molecule has 0 bridgehead atoms. The topological polar surface area (TPSA) is 75.7 Å². The number of nitrogens with two attached hydrogens (primary N) is 1. The second-order valence-electron chi connectivity index (χ2n) is 2.77. The third-order valence-corrected chi connectivity index (χ3v) is 1.90. The van der Waals surface area contributed by atoms with Gasteiger partial charge in [0.2, 0.25) is 0 Å². The lowest BCUT2D eigenvalue weighted by molar-refractivity contribution is 0.176. The van der Waals surface area contributed by atoms with Gasteiger partial charge in [-0.25, -0.2) is 4.39 Å². The molecular weight excluding hydrogens is 189 g/mol. The lowest BCUT2D eigenvalue weighted by Crippen LogP contribution is -2.13. The summed E-state index contributed by atoms with van der Waals surface area (Å²) < 4.78 is 18.2.